The van der Waals surface area contributed by atoms with E-state index in [1.165, 1.54) is 25.3 Å². The Kier molecular flexibility index (Phi) is 1.97. The number of aliphatic hydroxyl groups excluding tert-OH is 1. The Labute approximate surface area is 58.3 Å². The van der Waals surface area contributed by atoms with Gasteiger partial charge in [-0.05, 0) is 19.1 Å². The SMILES string of the molecule is CC(O)c1ncccc1F. The predicted octanol–water partition coefficient (Wildman–Crippen LogP) is 1.27. The molecule has 0 aliphatic heterocycles. The van der Waals surface area contributed by atoms with E-state index in [1.54, 1.807) is 0 Å². The summed E-state index contributed by atoms with van der Waals surface area (Å²) in [4.78, 5) is 3.65. The van der Waals surface area contributed by atoms with Gasteiger partial charge in [0.2, 0.25) is 0 Å². The molecule has 54 valence electrons. The van der Waals surface area contributed by atoms with E-state index in [2.05, 4.69) is 4.98 Å². The second-order valence-corrected chi connectivity index (χ2v) is 2.05. The highest BCUT2D eigenvalue weighted by Crippen LogP contribution is 2.11. The molecule has 0 aliphatic carbocycles. The van der Waals surface area contributed by atoms with Crippen molar-refractivity contribution in [2.24, 2.45) is 0 Å². The van der Waals surface area contributed by atoms with Crippen molar-refractivity contribution in [2.75, 3.05) is 0 Å². The average molecular weight is 141 g/mol. The standard InChI is InChI=1S/C7H8FNO/c1-5(10)7-6(8)3-2-4-9-7/h2-5,10H,1H3. The van der Waals surface area contributed by atoms with Crippen molar-refractivity contribution in [2.45, 2.75) is 13.0 Å². The van der Waals surface area contributed by atoms with Gasteiger partial charge in [-0.3, -0.25) is 4.98 Å². The normalized spacial score (nSPS) is 13.1. The van der Waals surface area contributed by atoms with Crippen molar-refractivity contribution in [3.63, 3.8) is 0 Å². The molecule has 1 rings (SSSR count). The van der Waals surface area contributed by atoms with Crippen LogP contribution in [-0.4, -0.2) is 10.1 Å². The van der Waals surface area contributed by atoms with Gasteiger partial charge < -0.3 is 5.11 Å². The highest BCUT2D eigenvalue weighted by molar-refractivity contribution is 5.08. The first-order valence-electron chi connectivity index (χ1n) is 3.00. The zero-order valence-electron chi connectivity index (χ0n) is 5.58. The fraction of sp³-hybridized carbons (Fsp3) is 0.286. The van der Waals surface area contributed by atoms with E-state index in [0.29, 0.717) is 0 Å². The molecule has 1 aromatic heterocycles. The molecule has 0 saturated carbocycles. The molecule has 0 spiro atoms. The summed E-state index contributed by atoms with van der Waals surface area (Å²) < 4.78 is 12.6. The van der Waals surface area contributed by atoms with Gasteiger partial charge in [-0.15, -0.1) is 0 Å². The van der Waals surface area contributed by atoms with Crippen LogP contribution in [0.25, 0.3) is 0 Å². The first kappa shape index (κ1) is 7.15. The van der Waals surface area contributed by atoms with E-state index >= 15 is 0 Å². The molecule has 0 saturated heterocycles. The number of rotatable bonds is 1. The summed E-state index contributed by atoms with van der Waals surface area (Å²) >= 11 is 0. The molecule has 0 amide bonds. The number of aromatic nitrogens is 1. The zero-order chi connectivity index (χ0) is 7.56. The smallest absolute Gasteiger partial charge is 0.147 e. The Balaban J connectivity index is 3.03. The van der Waals surface area contributed by atoms with E-state index in [-0.39, 0.29) is 5.69 Å². The Bertz CT molecular complexity index is 225. The van der Waals surface area contributed by atoms with Crippen LogP contribution >= 0.6 is 0 Å². The molecule has 1 heterocycles. The lowest BCUT2D eigenvalue weighted by molar-refractivity contribution is 0.188. The lowest BCUT2D eigenvalue weighted by atomic mass is 10.2. The fourth-order valence-corrected chi connectivity index (χ4v) is 0.705. The summed E-state index contributed by atoms with van der Waals surface area (Å²) in [6.45, 7) is 1.48. The molecule has 1 unspecified atom stereocenters. The van der Waals surface area contributed by atoms with Gasteiger partial charge in [0, 0.05) is 6.20 Å². The topological polar surface area (TPSA) is 33.1 Å². The molecule has 0 bridgehead atoms. The van der Waals surface area contributed by atoms with E-state index in [9.17, 15) is 4.39 Å². The minimum absolute atomic E-state index is 0.0995. The van der Waals surface area contributed by atoms with E-state index in [4.69, 9.17) is 5.11 Å². The molecule has 2 nitrogen and oxygen atoms in total. The zero-order valence-corrected chi connectivity index (χ0v) is 5.58. The second kappa shape index (κ2) is 2.75. The molecule has 0 fully saturated rings. The summed E-state index contributed by atoms with van der Waals surface area (Å²) in [6, 6.07) is 2.76. The Morgan fingerprint density at radius 2 is 2.40 bits per heavy atom. The van der Waals surface area contributed by atoms with Gasteiger partial charge in [0.1, 0.15) is 11.5 Å². The van der Waals surface area contributed by atoms with Gasteiger partial charge in [-0.2, -0.15) is 0 Å². The molecular formula is C7H8FNO. The summed E-state index contributed by atoms with van der Waals surface area (Å²) in [5.74, 6) is -0.461. The number of nitrogens with zero attached hydrogens (tertiary/aromatic N) is 1. The minimum atomic E-state index is -0.832. The third-order valence-corrected chi connectivity index (χ3v) is 1.18. The number of hydrogen-bond acceptors (Lipinski definition) is 2. The first-order chi connectivity index (χ1) is 4.72. The van der Waals surface area contributed by atoms with Gasteiger partial charge >= 0.3 is 0 Å². The maximum atomic E-state index is 12.6. The largest absolute Gasteiger partial charge is 0.387 e. The van der Waals surface area contributed by atoms with Crippen LogP contribution in [0.4, 0.5) is 4.39 Å². The molecule has 0 aromatic carbocycles. The van der Waals surface area contributed by atoms with Gasteiger partial charge in [0.15, 0.2) is 0 Å². The number of hydrogen-bond donors (Lipinski definition) is 1. The fourth-order valence-electron chi connectivity index (χ4n) is 0.705. The number of halogens is 1. The van der Waals surface area contributed by atoms with E-state index < -0.39 is 11.9 Å². The third-order valence-electron chi connectivity index (χ3n) is 1.18. The van der Waals surface area contributed by atoms with Crippen LogP contribution in [0.2, 0.25) is 0 Å². The van der Waals surface area contributed by atoms with Crippen LogP contribution in [0.1, 0.15) is 18.7 Å². The molecule has 3 heteroatoms. The van der Waals surface area contributed by atoms with E-state index in [0.717, 1.165) is 0 Å². The summed E-state index contributed by atoms with van der Waals surface area (Å²) in [5, 5.41) is 8.90. The highest BCUT2D eigenvalue weighted by atomic mass is 19.1. The summed E-state index contributed by atoms with van der Waals surface area (Å²) in [5.41, 5.74) is 0.0995. The molecule has 0 aliphatic rings. The quantitative estimate of drug-likeness (QED) is 0.639. The van der Waals surface area contributed by atoms with Crippen molar-refractivity contribution >= 4 is 0 Å². The van der Waals surface area contributed by atoms with Crippen LogP contribution in [0, 0.1) is 5.82 Å². The predicted molar refractivity (Wildman–Crippen MR) is 34.8 cm³/mol. The molecule has 1 atom stereocenters. The molecule has 0 radical (unpaired) electrons. The van der Waals surface area contributed by atoms with Crippen LogP contribution in [0.5, 0.6) is 0 Å². The van der Waals surface area contributed by atoms with Crippen LogP contribution in [0.3, 0.4) is 0 Å². The lowest BCUT2D eigenvalue weighted by Crippen LogP contribution is -1.98. The second-order valence-electron chi connectivity index (χ2n) is 2.05. The molecule has 1 aromatic rings. The Morgan fingerprint density at radius 1 is 1.70 bits per heavy atom. The van der Waals surface area contributed by atoms with Gasteiger partial charge in [0.25, 0.3) is 0 Å². The maximum Gasteiger partial charge on any atom is 0.147 e. The van der Waals surface area contributed by atoms with Crippen LogP contribution < -0.4 is 0 Å². The number of pyridine rings is 1. The first-order valence-corrected chi connectivity index (χ1v) is 3.00. The van der Waals surface area contributed by atoms with Gasteiger partial charge in [-0.1, -0.05) is 0 Å². The van der Waals surface area contributed by atoms with E-state index in [1.807, 2.05) is 0 Å². The van der Waals surface area contributed by atoms with Crippen molar-refractivity contribution in [1.29, 1.82) is 0 Å². The van der Waals surface area contributed by atoms with Crippen LogP contribution in [0.15, 0.2) is 18.3 Å². The maximum absolute atomic E-state index is 12.6. The highest BCUT2D eigenvalue weighted by Gasteiger charge is 2.06. The Hall–Kier alpha value is -0.960. The Morgan fingerprint density at radius 3 is 2.80 bits per heavy atom. The molecule has 10 heavy (non-hydrogen) atoms. The molecular weight excluding hydrogens is 133 g/mol. The van der Waals surface area contributed by atoms with Crippen molar-refractivity contribution in [3.05, 3.63) is 29.8 Å². The summed E-state index contributed by atoms with van der Waals surface area (Å²) in [6.07, 6.45) is 0.617. The third kappa shape index (κ3) is 1.30. The van der Waals surface area contributed by atoms with Crippen molar-refractivity contribution in [3.8, 4) is 0 Å². The van der Waals surface area contributed by atoms with Crippen molar-refractivity contribution < 1.29 is 9.50 Å². The minimum Gasteiger partial charge on any atom is -0.387 e. The van der Waals surface area contributed by atoms with Crippen molar-refractivity contribution in [1.82, 2.24) is 4.98 Å². The average Bonchev–Trinajstić information content (AvgIpc) is 1.88. The number of aliphatic hydroxyl groups is 1. The van der Waals surface area contributed by atoms with Crippen LogP contribution in [-0.2, 0) is 0 Å². The molecule has 1 N–H and O–H groups in total. The van der Waals surface area contributed by atoms with Gasteiger partial charge in [-0.25, -0.2) is 4.39 Å². The monoisotopic (exact) mass is 141 g/mol. The van der Waals surface area contributed by atoms with Gasteiger partial charge in [0.05, 0.1) is 6.10 Å². The summed E-state index contributed by atoms with van der Waals surface area (Å²) in [7, 11) is 0. The lowest BCUT2D eigenvalue weighted by Gasteiger charge is -2.02.